The molecule has 19 heteroatoms. The van der Waals surface area contributed by atoms with E-state index < -0.39 is 73.9 Å². The molecule has 240 valence electrons. The van der Waals surface area contributed by atoms with Crippen LogP contribution in [-0.2, 0) is 33.4 Å². The monoisotopic (exact) mass is 700 g/mol. The van der Waals surface area contributed by atoms with Gasteiger partial charge in [0.05, 0.1) is 44.7 Å². The third-order valence-electron chi connectivity index (χ3n) is 4.34. The Balaban J connectivity index is 0.000000842. The summed E-state index contributed by atoms with van der Waals surface area (Å²) in [6.45, 7) is -1.65. The predicted octanol–water partition coefficient (Wildman–Crippen LogP) is 3.18. The van der Waals surface area contributed by atoms with Crippen LogP contribution in [0.5, 0.6) is 0 Å². The molecule has 0 radical (unpaired) electrons. The lowest BCUT2D eigenvalue weighted by atomic mass is 10.2. The van der Waals surface area contributed by atoms with Crippen LogP contribution in [0.2, 0.25) is 20.1 Å². The molecule has 0 aliphatic heterocycles. The van der Waals surface area contributed by atoms with Gasteiger partial charge in [0.25, 0.3) is 0 Å². The second-order valence-electron chi connectivity index (χ2n) is 7.67. The van der Waals surface area contributed by atoms with Crippen LogP contribution in [0.1, 0.15) is 27.1 Å². The molecule has 44 heavy (non-hydrogen) atoms. The Morgan fingerprint density at radius 2 is 1.14 bits per heavy atom. The number of ether oxygens (including phenoxy) is 3. The van der Waals surface area contributed by atoms with Gasteiger partial charge in [-0.3, -0.25) is 19.2 Å². The van der Waals surface area contributed by atoms with Crippen LogP contribution >= 0.6 is 46.4 Å². The molecule has 0 saturated carbocycles. The fraction of sp³-hybridized carbons (Fsp3) is 0.240. The van der Waals surface area contributed by atoms with E-state index in [1.807, 2.05) is 5.32 Å². The van der Waals surface area contributed by atoms with Crippen molar-refractivity contribution in [3.8, 4) is 0 Å². The average molecular weight is 702 g/mol. The zero-order valence-electron chi connectivity index (χ0n) is 22.4. The van der Waals surface area contributed by atoms with Crippen molar-refractivity contribution in [1.82, 2.24) is 5.32 Å². The number of methoxy groups -OCH3 is 1. The third kappa shape index (κ3) is 15.9. The van der Waals surface area contributed by atoms with Gasteiger partial charge in [-0.2, -0.15) is 0 Å². The maximum Gasteiger partial charge on any atom is 0.407 e. The maximum atomic E-state index is 12.0. The molecule has 0 fully saturated rings. The van der Waals surface area contributed by atoms with Crippen molar-refractivity contribution in [3.05, 3.63) is 67.6 Å². The molecule has 0 unspecified atom stereocenters. The summed E-state index contributed by atoms with van der Waals surface area (Å²) in [5, 5.41) is 26.4. The number of carbonyl (C=O) groups is 7. The molecule has 0 bridgehead atoms. The Hall–Kier alpha value is -4.15. The summed E-state index contributed by atoms with van der Waals surface area (Å²) in [5.74, 6) is -5.98. The van der Waals surface area contributed by atoms with Crippen molar-refractivity contribution in [3.63, 3.8) is 0 Å². The Bertz CT molecular complexity index is 1260. The molecular weight excluding hydrogens is 678 g/mol. The Morgan fingerprint density at radius 3 is 1.41 bits per heavy atom. The topological polar surface area (TPSA) is 246 Å². The minimum absolute atomic E-state index is 0.0523. The van der Waals surface area contributed by atoms with Gasteiger partial charge in [-0.05, 0) is 24.3 Å². The number of carboxylic acid groups (broad SMARTS) is 3. The molecular formula is C25H24Cl4N2O13. The lowest BCUT2D eigenvalue weighted by molar-refractivity contribution is -0.144. The Kier molecular flexibility index (Phi) is 18.7. The van der Waals surface area contributed by atoms with Gasteiger partial charge in [0.15, 0.2) is 13.2 Å². The zero-order valence-corrected chi connectivity index (χ0v) is 25.4. The SMILES string of the molecule is COC(=O)NCC(=O)O.N[C@@H](CC(=O)O)C(=O)O.O=C(COC(=O)c1c(Cl)cccc1Cl)COC(=O)c1c(Cl)cccc1Cl. The van der Waals surface area contributed by atoms with Crippen molar-refractivity contribution in [2.75, 3.05) is 26.9 Å². The number of Topliss-reactive ketones (excluding diaryl/α,β-unsaturated/α-hetero) is 1. The van der Waals surface area contributed by atoms with Crippen molar-refractivity contribution in [2.24, 2.45) is 5.73 Å². The number of ketones is 1. The summed E-state index contributed by atoms with van der Waals surface area (Å²) in [6, 6.07) is 7.67. The van der Waals surface area contributed by atoms with Crippen molar-refractivity contribution in [1.29, 1.82) is 0 Å². The Labute approximate surface area is 268 Å². The van der Waals surface area contributed by atoms with Gasteiger partial charge < -0.3 is 40.6 Å². The minimum Gasteiger partial charge on any atom is -0.481 e. The molecule has 2 aromatic carbocycles. The number of nitrogens with one attached hydrogen (secondary N) is 1. The van der Waals surface area contributed by atoms with Crippen molar-refractivity contribution < 1.29 is 63.1 Å². The first-order valence-corrected chi connectivity index (χ1v) is 13.0. The quantitative estimate of drug-likeness (QED) is 0.167. The van der Waals surface area contributed by atoms with Crippen LogP contribution in [0.3, 0.4) is 0 Å². The smallest absolute Gasteiger partial charge is 0.407 e. The summed E-state index contributed by atoms with van der Waals surface area (Å²) in [4.78, 5) is 75.2. The summed E-state index contributed by atoms with van der Waals surface area (Å²) in [5.41, 5.74) is 4.73. The number of nitrogens with two attached hydrogens (primary N) is 1. The molecule has 0 aliphatic rings. The molecule has 2 aromatic rings. The van der Waals surface area contributed by atoms with Gasteiger partial charge in [0, 0.05) is 0 Å². The van der Waals surface area contributed by atoms with E-state index in [4.69, 9.17) is 76.9 Å². The minimum atomic E-state index is -1.29. The van der Waals surface area contributed by atoms with Crippen LogP contribution in [0, 0.1) is 0 Å². The first-order chi connectivity index (χ1) is 20.5. The van der Waals surface area contributed by atoms with E-state index >= 15 is 0 Å². The number of hydrogen-bond acceptors (Lipinski definition) is 11. The number of halogens is 4. The molecule has 0 saturated heterocycles. The molecule has 0 spiro atoms. The van der Waals surface area contributed by atoms with E-state index in [9.17, 15) is 33.6 Å². The summed E-state index contributed by atoms with van der Waals surface area (Å²) in [7, 11) is 1.16. The van der Waals surface area contributed by atoms with Crippen LogP contribution in [0.15, 0.2) is 36.4 Å². The second kappa shape index (κ2) is 20.7. The van der Waals surface area contributed by atoms with E-state index in [-0.39, 0.29) is 31.2 Å². The number of esters is 2. The average Bonchev–Trinajstić information content (AvgIpc) is 2.93. The van der Waals surface area contributed by atoms with Crippen molar-refractivity contribution >= 4 is 88.1 Å². The predicted molar refractivity (Wildman–Crippen MR) is 154 cm³/mol. The molecule has 6 N–H and O–H groups in total. The molecule has 2 rings (SSSR count). The van der Waals surface area contributed by atoms with Gasteiger partial charge in [-0.15, -0.1) is 0 Å². The summed E-state index contributed by atoms with van der Waals surface area (Å²) < 4.78 is 13.8. The lowest BCUT2D eigenvalue weighted by Gasteiger charge is -2.09. The number of carboxylic acids is 3. The highest BCUT2D eigenvalue weighted by Crippen LogP contribution is 2.26. The van der Waals surface area contributed by atoms with Crippen LogP contribution < -0.4 is 11.1 Å². The van der Waals surface area contributed by atoms with E-state index in [1.165, 1.54) is 24.3 Å². The van der Waals surface area contributed by atoms with Crippen LogP contribution in [0.25, 0.3) is 0 Å². The molecule has 0 heterocycles. The first kappa shape index (κ1) is 39.8. The standard InChI is InChI=1S/C17H10Cl4O5.2C4H7NO4/c18-10-3-1-4-11(19)14(10)16(23)25-7-9(22)8-26-17(24)15-12(20)5-2-6-13(15)21;1-9-4(8)5-2-3(6)7;5-2(4(8)9)1-3(6)7/h1-6H,7-8H2;2H2,1H3,(H,5,8)(H,6,7);2H,1,5H2,(H,6,7)(H,8,9)/t;;2-/m..0/s1. The number of benzene rings is 2. The fourth-order valence-corrected chi connectivity index (χ4v) is 3.46. The first-order valence-electron chi connectivity index (χ1n) is 11.5. The largest absolute Gasteiger partial charge is 0.481 e. The van der Waals surface area contributed by atoms with E-state index in [1.54, 1.807) is 12.1 Å². The van der Waals surface area contributed by atoms with E-state index in [0.29, 0.717) is 0 Å². The molecule has 15 nitrogen and oxygen atoms in total. The summed E-state index contributed by atoms with van der Waals surface area (Å²) in [6.07, 6.45) is -1.27. The van der Waals surface area contributed by atoms with E-state index in [0.717, 1.165) is 7.11 Å². The molecule has 0 aromatic heterocycles. The highest BCUT2D eigenvalue weighted by atomic mass is 35.5. The number of hydrogen-bond donors (Lipinski definition) is 5. The molecule has 1 atom stereocenters. The molecule has 0 aliphatic carbocycles. The zero-order chi connectivity index (χ0) is 34.0. The van der Waals surface area contributed by atoms with Crippen LogP contribution in [0.4, 0.5) is 4.79 Å². The van der Waals surface area contributed by atoms with Gasteiger partial charge >= 0.3 is 35.9 Å². The normalized spacial score (nSPS) is 10.3. The number of carbonyl (C=O) groups excluding carboxylic acids is 4. The van der Waals surface area contributed by atoms with Gasteiger partial charge in [0.2, 0.25) is 5.78 Å². The Morgan fingerprint density at radius 1 is 0.750 bits per heavy atom. The van der Waals surface area contributed by atoms with Gasteiger partial charge in [-0.1, -0.05) is 58.5 Å². The number of alkyl carbamates (subject to hydrolysis) is 1. The molecule has 1 amide bonds. The highest BCUT2D eigenvalue weighted by molar-refractivity contribution is 6.40. The highest BCUT2D eigenvalue weighted by Gasteiger charge is 2.20. The lowest BCUT2D eigenvalue weighted by Crippen LogP contribution is -2.32. The number of amides is 1. The third-order valence-corrected chi connectivity index (χ3v) is 5.60. The van der Waals surface area contributed by atoms with Gasteiger partial charge in [-0.25, -0.2) is 14.4 Å². The van der Waals surface area contributed by atoms with Gasteiger partial charge in [0.1, 0.15) is 12.6 Å². The summed E-state index contributed by atoms with van der Waals surface area (Å²) >= 11 is 23.5. The van der Waals surface area contributed by atoms with Crippen molar-refractivity contribution in [2.45, 2.75) is 12.5 Å². The van der Waals surface area contributed by atoms with E-state index in [2.05, 4.69) is 4.74 Å². The maximum absolute atomic E-state index is 12.0. The van der Waals surface area contributed by atoms with Crippen LogP contribution in [-0.4, -0.2) is 90.0 Å². The second-order valence-corrected chi connectivity index (χ2v) is 9.29. The fourth-order valence-electron chi connectivity index (χ4n) is 2.36. The number of aliphatic carboxylic acids is 3. The number of rotatable bonds is 11.